The van der Waals surface area contributed by atoms with Crippen molar-refractivity contribution in [2.24, 2.45) is 7.05 Å². The maximum Gasteiger partial charge on any atom is 0.213 e. The van der Waals surface area contributed by atoms with Crippen LogP contribution < -0.4 is 10.1 Å². The third-order valence-corrected chi connectivity index (χ3v) is 3.11. The molecule has 0 saturated heterocycles. The number of hydrogen-bond acceptors (Lipinski definition) is 5. The van der Waals surface area contributed by atoms with Crippen LogP contribution in [-0.2, 0) is 13.6 Å². The van der Waals surface area contributed by atoms with E-state index in [4.69, 9.17) is 4.74 Å². The number of fused-ring (bicyclic) bond motifs is 1. The van der Waals surface area contributed by atoms with Crippen LogP contribution in [0, 0.1) is 0 Å². The fourth-order valence-electron chi connectivity index (χ4n) is 2.05. The topological polar surface area (TPSA) is 64.9 Å². The second-order valence-corrected chi connectivity index (χ2v) is 4.44. The van der Waals surface area contributed by atoms with Crippen LogP contribution in [0.5, 0.6) is 5.88 Å². The maximum absolute atomic E-state index is 5.11. The molecule has 0 aliphatic heterocycles. The number of imidazole rings is 1. The smallest absolute Gasteiger partial charge is 0.213 e. The summed E-state index contributed by atoms with van der Waals surface area (Å²) >= 11 is 0. The van der Waals surface area contributed by atoms with Gasteiger partial charge < -0.3 is 14.6 Å². The standard InChI is InChI=1S/C14H15N5O/c1-19-9-18-13-11(19)4-6-16-14(13)17-8-10-3-5-15-12(7-10)20-2/h3-7,9H,8H2,1-2H3,(H,16,17). The van der Waals surface area contributed by atoms with Crippen molar-refractivity contribution in [2.45, 2.75) is 6.54 Å². The Hall–Kier alpha value is -2.63. The minimum Gasteiger partial charge on any atom is -0.481 e. The third-order valence-electron chi connectivity index (χ3n) is 3.11. The van der Waals surface area contributed by atoms with Gasteiger partial charge in [0.15, 0.2) is 5.82 Å². The van der Waals surface area contributed by atoms with Crippen LogP contribution in [0.4, 0.5) is 5.82 Å². The van der Waals surface area contributed by atoms with Gasteiger partial charge >= 0.3 is 0 Å². The molecule has 0 aliphatic rings. The van der Waals surface area contributed by atoms with Gasteiger partial charge in [0.2, 0.25) is 5.88 Å². The number of hydrogen-bond donors (Lipinski definition) is 1. The number of anilines is 1. The van der Waals surface area contributed by atoms with E-state index in [0.29, 0.717) is 12.4 Å². The first-order valence-corrected chi connectivity index (χ1v) is 6.27. The lowest BCUT2D eigenvalue weighted by atomic mass is 10.2. The summed E-state index contributed by atoms with van der Waals surface area (Å²) in [6.07, 6.45) is 5.29. The average Bonchev–Trinajstić information content (AvgIpc) is 2.88. The second kappa shape index (κ2) is 5.16. The van der Waals surface area contributed by atoms with E-state index in [9.17, 15) is 0 Å². The molecule has 3 aromatic heterocycles. The lowest BCUT2D eigenvalue weighted by Gasteiger charge is -2.07. The zero-order valence-electron chi connectivity index (χ0n) is 11.4. The van der Waals surface area contributed by atoms with E-state index in [-0.39, 0.29) is 0 Å². The summed E-state index contributed by atoms with van der Waals surface area (Å²) < 4.78 is 7.08. The molecule has 0 saturated carbocycles. The van der Waals surface area contributed by atoms with Crippen molar-refractivity contribution in [3.63, 3.8) is 0 Å². The van der Waals surface area contributed by atoms with E-state index in [1.807, 2.05) is 29.8 Å². The lowest BCUT2D eigenvalue weighted by Crippen LogP contribution is -2.02. The van der Waals surface area contributed by atoms with E-state index in [1.165, 1.54) is 0 Å². The van der Waals surface area contributed by atoms with Crippen molar-refractivity contribution in [1.82, 2.24) is 19.5 Å². The van der Waals surface area contributed by atoms with Crippen molar-refractivity contribution in [3.8, 4) is 5.88 Å². The highest BCUT2D eigenvalue weighted by Crippen LogP contribution is 2.19. The molecule has 0 atom stereocenters. The van der Waals surface area contributed by atoms with Gasteiger partial charge in [-0.2, -0.15) is 0 Å². The van der Waals surface area contributed by atoms with Crippen LogP contribution in [-0.4, -0.2) is 26.6 Å². The highest BCUT2D eigenvalue weighted by atomic mass is 16.5. The molecule has 3 aromatic rings. The molecule has 0 fully saturated rings. The Balaban J connectivity index is 1.83. The van der Waals surface area contributed by atoms with E-state index in [1.54, 1.807) is 25.8 Å². The Morgan fingerprint density at radius 3 is 2.90 bits per heavy atom. The first-order chi connectivity index (χ1) is 9.78. The molecule has 3 rings (SSSR count). The van der Waals surface area contributed by atoms with Crippen LogP contribution in [0.3, 0.4) is 0 Å². The quantitative estimate of drug-likeness (QED) is 0.784. The molecule has 6 heteroatoms. The third kappa shape index (κ3) is 2.27. The summed E-state index contributed by atoms with van der Waals surface area (Å²) in [5, 5.41) is 3.30. The number of nitrogens with one attached hydrogen (secondary N) is 1. The molecule has 20 heavy (non-hydrogen) atoms. The number of methoxy groups -OCH3 is 1. The van der Waals surface area contributed by atoms with Crippen LogP contribution in [0.2, 0.25) is 0 Å². The first kappa shape index (κ1) is 12.4. The monoisotopic (exact) mass is 269 g/mol. The Kier molecular flexibility index (Phi) is 3.20. The van der Waals surface area contributed by atoms with Gasteiger partial charge in [0.05, 0.1) is 19.0 Å². The molecular weight excluding hydrogens is 254 g/mol. The van der Waals surface area contributed by atoms with Gasteiger partial charge in [-0.05, 0) is 17.7 Å². The second-order valence-electron chi connectivity index (χ2n) is 4.44. The van der Waals surface area contributed by atoms with Gasteiger partial charge in [-0.15, -0.1) is 0 Å². The number of nitrogens with zero attached hydrogens (tertiary/aromatic N) is 4. The fourth-order valence-corrected chi connectivity index (χ4v) is 2.05. The van der Waals surface area contributed by atoms with Crippen molar-refractivity contribution in [1.29, 1.82) is 0 Å². The molecule has 0 unspecified atom stereocenters. The van der Waals surface area contributed by atoms with Crippen molar-refractivity contribution in [3.05, 3.63) is 42.5 Å². The Labute approximate surface area is 116 Å². The molecule has 3 heterocycles. The summed E-state index contributed by atoms with van der Waals surface area (Å²) in [7, 11) is 3.57. The summed E-state index contributed by atoms with van der Waals surface area (Å²) in [5.41, 5.74) is 3.00. The number of aryl methyl sites for hydroxylation is 1. The van der Waals surface area contributed by atoms with Gasteiger partial charge in [-0.3, -0.25) is 0 Å². The SMILES string of the molecule is COc1cc(CNc2nccc3c2ncn3C)ccn1. The molecule has 0 radical (unpaired) electrons. The first-order valence-electron chi connectivity index (χ1n) is 6.27. The molecule has 0 bridgehead atoms. The summed E-state index contributed by atoms with van der Waals surface area (Å²) in [6, 6.07) is 5.78. The predicted molar refractivity (Wildman–Crippen MR) is 76.6 cm³/mol. The highest BCUT2D eigenvalue weighted by Gasteiger charge is 2.06. The number of pyridine rings is 2. The number of ether oxygens (including phenoxy) is 1. The zero-order valence-corrected chi connectivity index (χ0v) is 11.4. The fraction of sp³-hybridized carbons (Fsp3) is 0.214. The molecule has 6 nitrogen and oxygen atoms in total. The van der Waals surface area contributed by atoms with Gasteiger partial charge in [0, 0.05) is 32.1 Å². The van der Waals surface area contributed by atoms with Gasteiger partial charge in [0.25, 0.3) is 0 Å². The number of rotatable bonds is 4. The normalized spacial score (nSPS) is 10.7. The van der Waals surface area contributed by atoms with Crippen LogP contribution in [0.25, 0.3) is 11.0 Å². The van der Waals surface area contributed by atoms with Gasteiger partial charge in [-0.1, -0.05) is 0 Å². The molecule has 0 amide bonds. The van der Waals surface area contributed by atoms with Crippen molar-refractivity contribution < 1.29 is 4.74 Å². The Bertz CT molecular complexity index is 737. The van der Waals surface area contributed by atoms with E-state index in [2.05, 4.69) is 20.3 Å². The van der Waals surface area contributed by atoms with Crippen LogP contribution >= 0.6 is 0 Å². The van der Waals surface area contributed by atoms with E-state index < -0.39 is 0 Å². The maximum atomic E-state index is 5.11. The minimum absolute atomic E-state index is 0.605. The van der Waals surface area contributed by atoms with Crippen molar-refractivity contribution in [2.75, 3.05) is 12.4 Å². The van der Waals surface area contributed by atoms with Crippen LogP contribution in [0.1, 0.15) is 5.56 Å². The zero-order chi connectivity index (χ0) is 13.9. The molecule has 0 aromatic carbocycles. The molecular formula is C14H15N5O. The average molecular weight is 269 g/mol. The Morgan fingerprint density at radius 2 is 2.05 bits per heavy atom. The summed E-state index contributed by atoms with van der Waals surface area (Å²) in [5.74, 6) is 1.38. The minimum atomic E-state index is 0.605. The Morgan fingerprint density at radius 1 is 1.20 bits per heavy atom. The number of aromatic nitrogens is 4. The lowest BCUT2D eigenvalue weighted by molar-refractivity contribution is 0.397. The van der Waals surface area contributed by atoms with E-state index >= 15 is 0 Å². The molecule has 1 N–H and O–H groups in total. The molecule has 0 aliphatic carbocycles. The van der Waals surface area contributed by atoms with Crippen LogP contribution in [0.15, 0.2) is 36.9 Å². The van der Waals surface area contributed by atoms with Gasteiger partial charge in [-0.25, -0.2) is 15.0 Å². The highest BCUT2D eigenvalue weighted by molar-refractivity contribution is 5.85. The summed E-state index contributed by atoms with van der Waals surface area (Å²) in [4.78, 5) is 12.8. The van der Waals surface area contributed by atoms with Gasteiger partial charge in [0.1, 0.15) is 5.52 Å². The molecule has 0 spiro atoms. The van der Waals surface area contributed by atoms with Crippen molar-refractivity contribution >= 4 is 16.9 Å². The largest absolute Gasteiger partial charge is 0.481 e. The van der Waals surface area contributed by atoms with E-state index in [0.717, 1.165) is 22.4 Å². The molecule has 102 valence electrons. The predicted octanol–water partition coefficient (Wildman–Crippen LogP) is 1.98. The summed E-state index contributed by atoms with van der Waals surface area (Å²) in [6.45, 7) is 0.640.